The molecular formula is C33H45FN4O6. The molecule has 1 saturated heterocycles. The molecule has 2 amide bonds. The second-order valence-corrected chi connectivity index (χ2v) is 14.1. The van der Waals surface area contributed by atoms with Gasteiger partial charge < -0.3 is 24.8 Å². The van der Waals surface area contributed by atoms with Crippen molar-refractivity contribution in [3.05, 3.63) is 29.7 Å². The van der Waals surface area contributed by atoms with Crippen LogP contribution in [0.1, 0.15) is 79.3 Å². The smallest absolute Gasteiger partial charge is 0.408 e. The molecule has 2 fully saturated rings. The molecule has 1 aromatic heterocycles. The molecule has 3 heterocycles. The van der Waals surface area contributed by atoms with Crippen molar-refractivity contribution in [3.63, 3.8) is 0 Å². The number of alkyl carbamates (subject to hydrolysis) is 1. The number of carbonyl (C=O) groups is 3. The Morgan fingerprint density at radius 1 is 1.02 bits per heavy atom. The highest BCUT2D eigenvalue weighted by Crippen LogP contribution is 2.42. The normalized spacial score (nSPS) is 32.1. The van der Waals surface area contributed by atoms with E-state index < -0.39 is 53.3 Å². The molecule has 10 nitrogen and oxygen atoms in total. The predicted octanol–water partition coefficient (Wildman–Crippen LogP) is 5.37. The highest BCUT2D eigenvalue weighted by molar-refractivity contribution is 5.90. The van der Waals surface area contributed by atoms with Gasteiger partial charge in [-0.25, -0.2) is 23.9 Å². The van der Waals surface area contributed by atoms with E-state index in [0.29, 0.717) is 35.0 Å². The van der Waals surface area contributed by atoms with Gasteiger partial charge in [0.1, 0.15) is 35.8 Å². The van der Waals surface area contributed by atoms with Crippen LogP contribution in [-0.4, -0.2) is 68.8 Å². The number of rotatable bonds is 1. The first-order valence-corrected chi connectivity index (χ1v) is 15.9. The second-order valence-electron chi connectivity index (χ2n) is 14.1. The Bertz CT molecular complexity index is 1410. The van der Waals surface area contributed by atoms with E-state index in [1.54, 1.807) is 13.0 Å². The lowest BCUT2D eigenvalue weighted by atomic mass is 9.85. The minimum atomic E-state index is -1.19. The van der Waals surface area contributed by atoms with Gasteiger partial charge in [0.15, 0.2) is 0 Å². The van der Waals surface area contributed by atoms with Crippen molar-refractivity contribution in [1.29, 1.82) is 0 Å². The van der Waals surface area contributed by atoms with Crippen molar-refractivity contribution in [3.8, 4) is 5.88 Å². The third-order valence-electron chi connectivity index (χ3n) is 10.00. The van der Waals surface area contributed by atoms with Gasteiger partial charge in [0, 0.05) is 12.0 Å². The highest BCUT2D eigenvalue weighted by atomic mass is 19.1. The number of aliphatic carboxylic acids is 1. The third-order valence-corrected chi connectivity index (χ3v) is 10.00. The Kier molecular flexibility index (Phi) is 9.05. The molecule has 11 heteroatoms. The lowest BCUT2D eigenvalue weighted by molar-refractivity contribution is -0.151. The first-order valence-electron chi connectivity index (χ1n) is 15.9. The van der Waals surface area contributed by atoms with Crippen LogP contribution in [0.15, 0.2) is 18.2 Å². The molecule has 1 aromatic carbocycles. The van der Waals surface area contributed by atoms with Crippen LogP contribution >= 0.6 is 0 Å². The molecule has 2 aromatic rings. The fraction of sp³-hybridized carbons (Fsp3) is 0.667. The maximum Gasteiger partial charge on any atom is 0.408 e. The number of nitrogens with one attached hydrogen (secondary N) is 1. The Balaban J connectivity index is 1.53. The van der Waals surface area contributed by atoms with Gasteiger partial charge in [-0.15, -0.1) is 0 Å². The van der Waals surface area contributed by atoms with Crippen LogP contribution in [0.2, 0.25) is 0 Å². The standard InChI is InChI=1S/C33H45FN4O6/c1-17-14-25-21(18(17)2)10-8-7-9-11-23-29(36-24-15-20(34)12-13-22(24)35-23)43-26-16-38(27(19(26)3)31(40)41)30(39)28(33(4,5)6)37-32(42)44-25/h12-13,15,17-19,21,25-28H,7-11,14,16H2,1-6H3,(H,37,42)(H,40,41)/t17-,18-,19+,21+,25+,26-,27-,28+/m0/s1. The number of fused-ring (bicyclic) bond motifs is 5. The van der Waals surface area contributed by atoms with Gasteiger partial charge in [-0.05, 0) is 61.0 Å². The lowest BCUT2D eigenvalue weighted by Crippen LogP contribution is -2.57. The van der Waals surface area contributed by atoms with E-state index in [-0.39, 0.29) is 24.4 Å². The number of aryl methyl sites for hydroxylation is 1. The molecule has 5 rings (SSSR count). The zero-order valence-corrected chi connectivity index (χ0v) is 26.5. The van der Waals surface area contributed by atoms with Gasteiger partial charge in [-0.3, -0.25) is 4.79 Å². The summed E-state index contributed by atoms with van der Waals surface area (Å²) in [5, 5.41) is 13.0. The van der Waals surface area contributed by atoms with Crippen molar-refractivity contribution in [2.45, 2.75) is 104 Å². The molecule has 8 atom stereocenters. The quantitative estimate of drug-likeness (QED) is 0.440. The Hall–Kier alpha value is -3.50. The van der Waals surface area contributed by atoms with E-state index in [0.717, 1.165) is 32.1 Å². The van der Waals surface area contributed by atoms with E-state index >= 15 is 0 Å². The lowest BCUT2D eigenvalue weighted by Gasteiger charge is -2.35. The summed E-state index contributed by atoms with van der Waals surface area (Å²) >= 11 is 0. The third kappa shape index (κ3) is 6.47. The number of carboxylic acids is 1. The number of nitrogens with zero attached hydrogens (tertiary/aromatic N) is 3. The second kappa shape index (κ2) is 12.5. The van der Waals surface area contributed by atoms with E-state index in [1.807, 2.05) is 20.8 Å². The fourth-order valence-electron chi connectivity index (χ4n) is 7.19. The Morgan fingerprint density at radius 3 is 2.48 bits per heavy atom. The zero-order valence-electron chi connectivity index (χ0n) is 26.5. The minimum absolute atomic E-state index is 0.0255. The number of halogens is 1. The summed E-state index contributed by atoms with van der Waals surface area (Å²) in [6, 6.07) is 2.01. The highest BCUT2D eigenvalue weighted by Gasteiger charge is 2.50. The molecule has 2 N–H and O–H groups in total. The Morgan fingerprint density at radius 2 is 1.77 bits per heavy atom. The summed E-state index contributed by atoms with van der Waals surface area (Å²) in [5.74, 6) is -1.54. The summed E-state index contributed by atoms with van der Waals surface area (Å²) in [7, 11) is 0. The van der Waals surface area contributed by atoms with Crippen molar-refractivity contribution >= 4 is 29.0 Å². The van der Waals surface area contributed by atoms with Gasteiger partial charge in [0.25, 0.3) is 0 Å². The monoisotopic (exact) mass is 612 g/mol. The van der Waals surface area contributed by atoms with E-state index in [2.05, 4.69) is 24.1 Å². The topological polar surface area (TPSA) is 131 Å². The van der Waals surface area contributed by atoms with Gasteiger partial charge in [-0.2, -0.15) is 0 Å². The van der Waals surface area contributed by atoms with Crippen molar-refractivity contribution in [2.24, 2.45) is 29.1 Å². The molecule has 2 bridgehead atoms. The maximum atomic E-state index is 14.1. The van der Waals surface area contributed by atoms with Crippen LogP contribution in [0.4, 0.5) is 9.18 Å². The molecule has 0 spiro atoms. The number of hydrogen-bond acceptors (Lipinski definition) is 7. The number of carbonyl (C=O) groups excluding carboxylic acids is 2. The summed E-state index contributed by atoms with van der Waals surface area (Å²) < 4.78 is 26.5. The van der Waals surface area contributed by atoms with Gasteiger partial charge >= 0.3 is 12.1 Å². The van der Waals surface area contributed by atoms with Crippen LogP contribution in [0.25, 0.3) is 11.0 Å². The average Bonchev–Trinajstić information content (AvgIpc) is 3.40. The SMILES string of the molecule is C[C@@H]1[C@@H]2CN(C(=O)[C@H](C(C)(C)C)NC(=O)O[C@@H]3C[C@H](C)[C@H](C)[C@H]3CCCCCc3nc4ccc(F)cc4nc3O2)[C@@H]1C(=O)O. The largest absolute Gasteiger partial charge is 0.480 e. The summed E-state index contributed by atoms with van der Waals surface area (Å²) in [5.41, 5.74) is 0.773. The zero-order chi connectivity index (χ0) is 31.9. The van der Waals surface area contributed by atoms with Crippen LogP contribution in [-0.2, 0) is 20.7 Å². The number of aromatic nitrogens is 2. The molecular weight excluding hydrogens is 567 g/mol. The van der Waals surface area contributed by atoms with E-state index in [9.17, 15) is 23.9 Å². The number of ether oxygens (including phenoxy) is 2. The fourth-order valence-corrected chi connectivity index (χ4v) is 7.19. The average molecular weight is 613 g/mol. The summed E-state index contributed by atoms with van der Waals surface area (Å²) in [6.07, 6.45) is 3.29. The maximum absolute atomic E-state index is 14.1. The van der Waals surface area contributed by atoms with Gasteiger partial charge in [0.2, 0.25) is 11.8 Å². The number of carboxylic acid groups (broad SMARTS) is 1. The van der Waals surface area contributed by atoms with Crippen molar-refractivity contribution < 1.29 is 33.4 Å². The molecule has 2 aliphatic heterocycles. The molecule has 0 unspecified atom stereocenters. The molecule has 1 saturated carbocycles. The molecule has 1 aliphatic carbocycles. The van der Waals surface area contributed by atoms with Gasteiger partial charge in [-0.1, -0.05) is 54.4 Å². The Labute approximate surface area is 258 Å². The number of amides is 2. The number of benzene rings is 1. The van der Waals surface area contributed by atoms with Crippen LogP contribution in [0.3, 0.4) is 0 Å². The van der Waals surface area contributed by atoms with E-state index in [1.165, 1.54) is 17.0 Å². The van der Waals surface area contributed by atoms with Gasteiger partial charge in [0.05, 0.1) is 17.6 Å². The first kappa shape index (κ1) is 31.9. The van der Waals surface area contributed by atoms with Crippen LogP contribution in [0.5, 0.6) is 5.88 Å². The molecule has 0 radical (unpaired) electrons. The number of hydrogen-bond donors (Lipinski definition) is 2. The van der Waals surface area contributed by atoms with E-state index in [4.69, 9.17) is 14.5 Å². The summed E-state index contributed by atoms with van der Waals surface area (Å²) in [6.45, 7) is 11.6. The van der Waals surface area contributed by atoms with Crippen molar-refractivity contribution in [1.82, 2.24) is 20.2 Å². The summed E-state index contributed by atoms with van der Waals surface area (Å²) in [4.78, 5) is 50.6. The van der Waals surface area contributed by atoms with Crippen LogP contribution < -0.4 is 10.1 Å². The van der Waals surface area contributed by atoms with Crippen LogP contribution in [0, 0.1) is 34.9 Å². The molecule has 44 heavy (non-hydrogen) atoms. The molecule has 3 aliphatic rings. The molecule has 240 valence electrons. The predicted molar refractivity (Wildman–Crippen MR) is 161 cm³/mol. The van der Waals surface area contributed by atoms with Crippen molar-refractivity contribution in [2.75, 3.05) is 6.54 Å². The minimum Gasteiger partial charge on any atom is -0.480 e. The first-order chi connectivity index (χ1) is 20.7.